The van der Waals surface area contributed by atoms with Crippen LogP contribution in [0.1, 0.15) is 79.1 Å². The molecule has 1 aliphatic heterocycles. The first-order valence-corrected chi connectivity index (χ1v) is 11.6. The van der Waals surface area contributed by atoms with Gasteiger partial charge in [0, 0.05) is 18.8 Å². The number of Topliss-reactive ketones (excluding diaryl/α,β-unsaturated/α-hetero) is 1. The molecule has 5 rings (SSSR count). The molecule has 0 radical (unpaired) electrons. The van der Waals surface area contributed by atoms with Crippen molar-refractivity contribution >= 4 is 11.8 Å². The van der Waals surface area contributed by atoms with Crippen molar-refractivity contribution in [2.45, 2.75) is 90.8 Å². The van der Waals surface area contributed by atoms with Crippen molar-refractivity contribution in [2.75, 3.05) is 6.61 Å². The number of epoxide rings is 1. The van der Waals surface area contributed by atoms with Gasteiger partial charge in [0.15, 0.2) is 5.78 Å². The summed E-state index contributed by atoms with van der Waals surface area (Å²) < 4.78 is 11.6. The van der Waals surface area contributed by atoms with Crippen molar-refractivity contribution in [1.82, 2.24) is 0 Å². The molecule has 156 valence electrons. The predicted molar refractivity (Wildman–Crippen MR) is 106 cm³/mol. The van der Waals surface area contributed by atoms with Crippen molar-refractivity contribution in [3.63, 3.8) is 0 Å². The number of hydrogen-bond donors (Lipinski definition) is 0. The van der Waals surface area contributed by atoms with Crippen molar-refractivity contribution in [1.29, 1.82) is 0 Å². The van der Waals surface area contributed by atoms with Crippen LogP contribution in [0.15, 0.2) is 0 Å². The molecule has 9 atom stereocenters. The second-order valence-electron chi connectivity index (χ2n) is 11.2. The Bertz CT molecular complexity index is 703. The van der Waals surface area contributed by atoms with E-state index in [1.54, 1.807) is 0 Å². The Balaban J connectivity index is 1.37. The van der Waals surface area contributed by atoms with Gasteiger partial charge in [-0.05, 0) is 80.0 Å². The van der Waals surface area contributed by atoms with Crippen molar-refractivity contribution in [3.05, 3.63) is 0 Å². The summed E-state index contributed by atoms with van der Waals surface area (Å²) in [5.41, 5.74) is 0.449. The predicted octanol–water partition coefficient (Wildman–Crippen LogP) is 4.54. The number of fused-ring (bicyclic) bond motifs is 4. The molecule has 0 aromatic rings. The zero-order valence-corrected chi connectivity index (χ0v) is 18.0. The van der Waals surface area contributed by atoms with Gasteiger partial charge in [0.25, 0.3) is 0 Å². The number of carbonyl (C=O) groups excluding carboxylic acids is 2. The van der Waals surface area contributed by atoms with Gasteiger partial charge in [-0.25, -0.2) is 0 Å². The Kier molecular flexibility index (Phi) is 4.13. The second-order valence-corrected chi connectivity index (χ2v) is 11.2. The van der Waals surface area contributed by atoms with Gasteiger partial charge in [-0.15, -0.1) is 0 Å². The molecule has 0 aromatic heterocycles. The van der Waals surface area contributed by atoms with Crippen LogP contribution in [0, 0.1) is 40.4 Å². The maximum absolute atomic E-state index is 12.3. The third-order valence-electron chi connectivity index (χ3n) is 10.3. The van der Waals surface area contributed by atoms with Crippen LogP contribution in [-0.4, -0.2) is 30.1 Å². The van der Waals surface area contributed by atoms with Crippen molar-refractivity contribution in [3.8, 4) is 0 Å². The van der Waals surface area contributed by atoms with E-state index in [9.17, 15) is 9.59 Å². The van der Waals surface area contributed by atoms with E-state index in [4.69, 9.17) is 9.47 Å². The lowest BCUT2D eigenvalue weighted by Gasteiger charge is -2.59. The molecule has 0 aromatic carbocycles. The molecule has 2 unspecified atom stereocenters. The Morgan fingerprint density at radius 2 is 1.93 bits per heavy atom. The smallest absolute Gasteiger partial charge is 0.302 e. The van der Waals surface area contributed by atoms with Crippen molar-refractivity contribution in [2.24, 2.45) is 40.4 Å². The lowest BCUT2D eigenvalue weighted by atomic mass is 9.44. The summed E-state index contributed by atoms with van der Waals surface area (Å²) in [6.07, 6.45) is 9.12. The molecule has 1 heterocycles. The molecule has 4 aliphatic carbocycles. The first-order chi connectivity index (χ1) is 13.2. The van der Waals surface area contributed by atoms with Gasteiger partial charge in [-0.3, -0.25) is 9.59 Å². The third kappa shape index (κ3) is 2.33. The minimum Gasteiger partial charge on any atom is -0.466 e. The number of ketones is 1. The van der Waals surface area contributed by atoms with Crippen LogP contribution in [0.3, 0.4) is 0 Å². The zero-order valence-electron chi connectivity index (χ0n) is 18.0. The van der Waals surface area contributed by atoms with E-state index >= 15 is 0 Å². The summed E-state index contributed by atoms with van der Waals surface area (Å²) in [6.45, 7) is 9.34. The molecule has 0 N–H and O–H groups in total. The first-order valence-electron chi connectivity index (χ1n) is 11.6. The number of rotatable bonds is 3. The standard InChI is InChI=1S/C24H36O4/c1-14(13-27-15(2)25)17-5-6-18-16-7-12-24-21(28-24)20(26)9-11-23(24,4)19(16)8-10-22(17,18)3/h14,16-19,21H,5-13H2,1-4H3/t14-,16+,17-,18+,19+,21?,22-,23-,24?/m1/s1. The molecule has 28 heavy (non-hydrogen) atoms. The molecule has 4 nitrogen and oxygen atoms in total. The zero-order chi connectivity index (χ0) is 19.9. The van der Waals surface area contributed by atoms with Crippen LogP contribution in [0.2, 0.25) is 0 Å². The number of carbonyl (C=O) groups is 2. The third-order valence-corrected chi connectivity index (χ3v) is 10.3. The molecule has 1 saturated heterocycles. The quantitative estimate of drug-likeness (QED) is 0.526. The summed E-state index contributed by atoms with van der Waals surface area (Å²) >= 11 is 0. The topological polar surface area (TPSA) is 55.9 Å². The van der Waals surface area contributed by atoms with Gasteiger partial charge < -0.3 is 9.47 Å². The number of hydrogen-bond acceptors (Lipinski definition) is 4. The minimum atomic E-state index is -0.161. The highest BCUT2D eigenvalue weighted by atomic mass is 16.6. The molecule has 1 spiro atoms. The van der Waals surface area contributed by atoms with Gasteiger partial charge in [0.1, 0.15) is 11.7 Å². The van der Waals surface area contributed by atoms with Crippen LogP contribution < -0.4 is 0 Å². The SMILES string of the molecule is CC(=O)OC[C@@H](C)[C@H]1CC[C@H]2[C@@H]3CCC45OC4C(=O)CC[C@]5(C)[C@H]3CC[C@]12C. The van der Waals surface area contributed by atoms with Gasteiger partial charge in [0.2, 0.25) is 0 Å². The average Bonchev–Trinajstić information content (AvgIpc) is 3.30. The Hall–Kier alpha value is -0.900. The normalized spacial score (nSPS) is 52.7. The summed E-state index contributed by atoms with van der Waals surface area (Å²) in [4.78, 5) is 23.6. The monoisotopic (exact) mass is 388 g/mol. The van der Waals surface area contributed by atoms with Gasteiger partial charge in [0.05, 0.1) is 6.61 Å². The maximum atomic E-state index is 12.3. The van der Waals surface area contributed by atoms with E-state index in [1.165, 1.54) is 39.0 Å². The van der Waals surface area contributed by atoms with Gasteiger partial charge >= 0.3 is 5.97 Å². The Morgan fingerprint density at radius 1 is 1.14 bits per heavy atom. The Morgan fingerprint density at radius 3 is 2.68 bits per heavy atom. The average molecular weight is 389 g/mol. The van der Waals surface area contributed by atoms with Crippen LogP contribution in [0.4, 0.5) is 0 Å². The largest absolute Gasteiger partial charge is 0.466 e. The minimum absolute atomic E-state index is 0.0828. The van der Waals surface area contributed by atoms with Crippen LogP contribution in [0.25, 0.3) is 0 Å². The van der Waals surface area contributed by atoms with E-state index in [0.29, 0.717) is 35.6 Å². The Labute approximate surface area is 169 Å². The highest BCUT2D eigenvalue weighted by molar-refractivity contribution is 5.88. The molecule has 5 fully saturated rings. The molecule has 0 bridgehead atoms. The summed E-state index contributed by atoms with van der Waals surface area (Å²) in [5, 5.41) is 0. The summed E-state index contributed by atoms with van der Waals surface area (Å²) in [7, 11) is 0. The van der Waals surface area contributed by atoms with Crippen LogP contribution in [0.5, 0.6) is 0 Å². The molecular weight excluding hydrogens is 352 g/mol. The highest BCUT2D eigenvalue weighted by Crippen LogP contribution is 2.73. The molecule has 0 amide bonds. The fraction of sp³-hybridized carbons (Fsp3) is 0.917. The van der Waals surface area contributed by atoms with Crippen molar-refractivity contribution < 1.29 is 19.1 Å². The highest BCUT2D eigenvalue weighted by Gasteiger charge is 2.76. The lowest BCUT2D eigenvalue weighted by molar-refractivity contribution is -0.144. The van der Waals surface area contributed by atoms with E-state index < -0.39 is 0 Å². The van der Waals surface area contributed by atoms with E-state index in [0.717, 1.165) is 31.1 Å². The van der Waals surface area contributed by atoms with E-state index in [-0.39, 0.29) is 23.1 Å². The molecular formula is C24H36O4. The maximum Gasteiger partial charge on any atom is 0.302 e. The van der Waals surface area contributed by atoms with E-state index in [2.05, 4.69) is 20.8 Å². The summed E-state index contributed by atoms with van der Waals surface area (Å²) in [5.74, 6) is 3.55. The lowest BCUT2D eigenvalue weighted by Crippen LogP contribution is -2.58. The summed E-state index contributed by atoms with van der Waals surface area (Å²) in [6, 6.07) is 0. The first kappa shape index (κ1) is 19.1. The van der Waals surface area contributed by atoms with Gasteiger partial charge in [-0.2, -0.15) is 0 Å². The molecule has 5 aliphatic rings. The second kappa shape index (κ2) is 6.06. The fourth-order valence-electron chi connectivity index (χ4n) is 8.84. The van der Waals surface area contributed by atoms with Crippen LogP contribution >= 0.6 is 0 Å². The molecule has 4 saturated carbocycles. The fourth-order valence-corrected chi connectivity index (χ4v) is 8.84. The number of esters is 1. The number of ether oxygens (including phenoxy) is 2. The van der Waals surface area contributed by atoms with E-state index in [1.807, 2.05) is 0 Å². The van der Waals surface area contributed by atoms with Gasteiger partial charge in [-0.1, -0.05) is 20.8 Å². The van der Waals surface area contributed by atoms with Crippen LogP contribution in [-0.2, 0) is 19.1 Å². The molecule has 4 heteroatoms.